The highest BCUT2D eigenvalue weighted by Crippen LogP contribution is 2.36. The number of nitrogens with zero attached hydrogens (tertiary/aromatic N) is 1. The quantitative estimate of drug-likeness (QED) is 0.871. The molecule has 1 rings (SSSR count). The van der Waals surface area contributed by atoms with Crippen LogP contribution in [-0.2, 0) is 6.61 Å². The average molecular weight is 318 g/mol. The Balaban J connectivity index is 3.31. The van der Waals surface area contributed by atoms with Crippen LogP contribution in [0.3, 0.4) is 0 Å². The fraction of sp³-hybridized carbons (Fsp3) is 0.583. The molecular weight excluding hydrogens is 298 g/mol. The molecule has 1 aromatic rings. The highest BCUT2D eigenvalue weighted by molar-refractivity contribution is 9.06. The van der Waals surface area contributed by atoms with E-state index in [1.54, 1.807) is 0 Å². The van der Waals surface area contributed by atoms with Crippen molar-refractivity contribution in [3.05, 3.63) is 17.8 Å². The Labute approximate surface area is 113 Å². The summed E-state index contributed by atoms with van der Waals surface area (Å²) in [5, 5.41) is 10.9. The first-order valence-corrected chi connectivity index (χ1v) is 9.28. The van der Waals surface area contributed by atoms with E-state index in [9.17, 15) is 5.11 Å². The monoisotopic (exact) mass is 317 g/mol. The van der Waals surface area contributed by atoms with Gasteiger partial charge in [-0.15, -0.1) is 0 Å². The molecule has 3 nitrogen and oxygen atoms in total. The van der Waals surface area contributed by atoms with Crippen LogP contribution in [0.15, 0.2) is 12.1 Å². The van der Waals surface area contributed by atoms with Crippen LogP contribution in [0.5, 0.6) is 5.88 Å². The summed E-state index contributed by atoms with van der Waals surface area (Å²) in [6.45, 7) is 11.3. The van der Waals surface area contributed by atoms with Gasteiger partial charge in [-0.25, -0.2) is 4.98 Å². The van der Waals surface area contributed by atoms with Crippen molar-refractivity contribution in [3.8, 4) is 5.88 Å². The van der Waals surface area contributed by atoms with E-state index in [0.717, 1.165) is 5.69 Å². The van der Waals surface area contributed by atoms with Crippen molar-refractivity contribution < 1.29 is 8.93 Å². The first-order valence-electron chi connectivity index (χ1n) is 5.64. The summed E-state index contributed by atoms with van der Waals surface area (Å²) in [5.41, 5.74) is 0.730. The first kappa shape index (κ1) is 14.7. The van der Waals surface area contributed by atoms with Crippen LogP contribution in [0.1, 0.15) is 26.5 Å². The summed E-state index contributed by atoms with van der Waals surface area (Å²) in [6, 6.07) is 3.87. The van der Waals surface area contributed by atoms with Crippen molar-refractivity contribution >= 4 is 29.5 Å². The molecule has 96 valence electrons. The Morgan fingerprint density at radius 1 is 1.35 bits per heavy atom. The Hall–Kier alpha value is -0.393. The number of rotatable bonds is 3. The summed E-state index contributed by atoms with van der Waals surface area (Å²) >= 11 is 2.90. The predicted octanol–water partition coefficient (Wildman–Crippen LogP) is 2.98. The molecule has 0 aliphatic heterocycles. The zero-order valence-corrected chi connectivity index (χ0v) is 13.6. The van der Waals surface area contributed by atoms with Gasteiger partial charge in [-0.2, -0.15) is 0 Å². The fourth-order valence-electron chi connectivity index (χ4n) is 1.62. The van der Waals surface area contributed by atoms with Crippen LogP contribution in [0.25, 0.3) is 0 Å². The van der Waals surface area contributed by atoms with Crippen molar-refractivity contribution in [1.82, 2.24) is 4.98 Å². The number of aliphatic hydroxyl groups is 1. The minimum absolute atomic E-state index is 0.0496. The average Bonchev–Trinajstić information content (AvgIpc) is 2.26. The number of aromatic nitrogens is 1. The normalized spacial score (nSPS) is 12.6. The van der Waals surface area contributed by atoms with E-state index in [0.29, 0.717) is 5.88 Å². The molecule has 0 bridgehead atoms. The van der Waals surface area contributed by atoms with E-state index in [2.05, 4.69) is 55.1 Å². The minimum Gasteiger partial charge on any atom is -0.398 e. The second kappa shape index (κ2) is 5.08. The highest BCUT2D eigenvalue weighted by atomic mass is 79.9. The van der Waals surface area contributed by atoms with Crippen LogP contribution in [0, 0.1) is 0 Å². The maximum Gasteiger partial charge on any atom is 0.227 e. The fourth-order valence-corrected chi connectivity index (χ4v) is 3.96. The van der Waals surface area contributed by atoms with E-state index in [-0.39, 0.29) is 11.6 Å². The Morgan fingerprint density at radius 3 is 2.35 bits per heavy atom. The lowest BCUT2D eigenvalue weighted by atomic mass is 10.2. The topological polar surface area (TPSA) is 42.4 Å². The van der Waals surface area contributed by atoms with Gasteiger partial charge in [-0.3, -0.25) is 0 Å². The summed E-state index contributed by atoms with van der Waals surface area (Å²) in [4.78, 5) is 4.31. The third-order valence-electron chi connectivity index (χ3n) is 3.73. The standard InChI is InChI=1S/C12H20BrNO2Si/c1-12(2,3)17(4,5)10-6-7-11(16-13)14-9(10)8-15/h6-7,15H,8H2,1-5H3. The molecule has 0 aliphatic rings. The lowest BCUT2D eigenvalue weighted by Gasteiger charge is -2.38. The molecule has 17 heavy (non-hydrogen) atoms. The van der Waals surface area contributed by atoms with E-state index in [1.807, 2.05) is 12.1 Å². The molecular formula is C12H20BrNO2Si. The summed E-state index contributed by atoms with van der Waals surface area (Å²) in [5.74, 6) is 0.483. The van der Waals surface area contributed by atoms with Gasteiger partial charge in [0.25, 0.3) is 0 Å². The SMILES string of the molecule is CC(C)(C)[Si](C)(C)c1ccc(OBr)nc1CO. The Kier molecular flexibility index (Phi) is 4.38. The minimum atomic E-state index is -1.68. The molecule has 1 aromatic heterocycles. The zero-order valence-electron chi connectivity index (χ0n) is 11.0. The molecule has 5 heteroatoms. The smallest absolute Gasteiger partial charge is 0.227 e. The van der Waals surface area contributed by atoms with Crippen molar-refractivity contribution in [2.24, 2.45) is 0 Å². The molecule has 0 atom stereocenters. The van der Waals surface area contributed by atoms with Crippen LogP contribution in [-0.4, -0.2) is 18.2 Å². The molecule has 0 amide bonds. The van der Waals surface area contributed by atoms with Crippen molar-refractivity contribution in [2.75, 3.05) is 0 Å². The summed E-state index contributed by atoms with van der Waals surface area (Å²) in [6.07, 6.45) is 0. The van der Waals surface area contributed by atoms with Gasteiger partial charge in [0, 0.05) is 6.07 Å². The Bertz CT molecular complexity index is 402. The summed E-state index contributed by atoms with van der Waals surface area (Å²) in [7, 11) is -1.68. The summed E-state index contributed by atoms with van der Waals surface area (Å²) < 4.78 is 4.92. The molecule has 0 radical (unpaired) electrons. The molecule has 1 N–H and O–H groups in total. The van der Waals surface area contributed by atoms with Gasteiger partial charge in [0.05, 0.1) is 20.4 Å². The molecule has 1 heterocycles. The lowest BCUT2D eigenvalue weighted by Crippen LogP contribution is -2.51. The van der Waals surface area contributed by atoms with Crippen LogP contribution >= 0.6 is 16.3 Å². The van der Waals surface area contributed by atoms with Gasteiger partial charge in [0.15, 0.2) is 16.3 Å². The maximum absolute atomic E-state index is 9.46. The first-order chi connectivity index (χ1) is 7.74. The van der Waals surface area contributed by atoms with Gasteiger partial charge in [-0.05, 0) is 10.2 Å². The second-order valence-corrected chi connectivity index (χ2v) is 11.4. The molecule has 0 aliphatic carbocycles. The number of hydrogen-bond acceptors (Lipinski definition) is 3. The van der Waals surface area contributed by atoms with E-state index in [4.69, 9.17) is 3.83 Å². The van der Waals surface area contributed by atoms with Gasteiger partial charge in [0.2, 0.25) is 5.88 Å². The number of pyridine rings is 1. The highest BCUT2D eigenvalue weighted by Gasteiger charge is 2.38. The van der Waals surface area contributed by atoms with E-state index >= 15 is 0 Å². The molecule has 0 aromatic carbocycles. The second-order valence-electron chi connectivity index (χ2n) is 5.75. The lowest BCUT2D eigenvalue weighted by molar-refractivity contribution is 0.277. The zero-order chi connectivity index (χ0) is 13.3. The van der Waals surface area contributed by atoms with Crippen LogP contribution < -0.4 is 9.02 Å². The third kappa shape index (κ3) is 2.89. The van der Waals surface area contributed by atoms with Crippen LogP contribution in [0.2, 0.25) is 18.1 Å². The number of halogens is 1. The Morgan fingerprint density at radius 2 is 1.94 bits per heavy atom. The predicted molar refractivity (Wildman–Crippen MR) is 76.5 cm³/mol. The largest absolute Gasteiger partial charge is 0.398 e. The molecule has 0 saturated carbocycles. The van der Waals surface area contributed by atoms with Gasteiger partial charge in [-0.1, -0.05) is 39.9 Å². The van der Waals surface area contributed by atoms with Gasteiger partial charge < -0.3 is 8.93 Å². The molecule has 0 unspecified atom stereocenters. The number of hydrogen-bond donors (Lipinski definition) is 1. The number of aliphatic hydroxyl groups excluding tert-OH is 1. The van der Waals surface area contributed by atoms with Crippen molar-refractivity contribution in [3.63, 3.8) is 0 Å². The van der Waals surface area contributed by atoms with E-state index in [1.165, 1.54) is 5.19 Å². The molecule has 0 spiro atoms. The van der Waals surface area contributed by atoms with Crippen molar-refractivity contribution in [2.45, 2.75) is 45.5 Å². The van der Waals surface area contributed by atoms with Gasteiger partial charge in [0.1, 0.15) is 0 Å². The van der Waals surface area contributed by atoms with E-state index < -0.39 is 8.07 Å². The molecule has 0 saturated heterocycles. The van der Waals surface area contributed by atoms with Gasteiger partial charge >= 0.3 is 0 Å². The maximum atomic E-state index is 9.46. The molecule has 0 fully saturated rings. The third-order valence-corrected chi connectivity index (χ3v) is 9.61. The van der Waals surface area contributed by atoms with Crippen molar-refractivity contribution in [1.29, 1.82) is 0 Å². The van der Waals surface area contributed by atoms with Crippen LogP contribution in [0.4, 0.5) is 0 Å².